The molecule has 0 N–H and O–H groups in total. The molecule has 2 nitrogen and oxygen atoms in total. The van der Waals surface area contributed by atoms with Crippen LogP contribution in [0.1, 0.15) is 66.7 Å². The fourth-order valence-corrected chi connectivity index (χ4v) is 3.11. The van der Waals surface area contributed by atoms with Gasteiger partial charge in [0.2, 0.25) is 0 Å². The lowest BCUT2D eigenvalue weighted by Crippen LogP contribution is -2.42. The van der Waals surface area contributed by atoms with E-state index in [2.05, 4.69) is 6.92 Å². The van der Waals surface area contributed by atoms with E-state index in [4.69, 9.17) is 0 Å². The molecule has 0 aromatic rings. The van der Waals surface area contributed by atoms with Crippen molar-refractivity contribution in [2.24, 2.45) is 16.7 Å². The third-order valence-corrected chi connectivity index (χ3v) is 4.36. The molecule has 1 rings (SSSR count). The molecule has 17 heavy (non-hydrogen) atoms. The minimum atomic E-state index is -0.265. The van der Waals surface area contributed by atoms with Gasteiger partial charge in [-0.2, -0.15) is 0 Å². The molecule has 98 valence electrons. The van der Waals surface area contributed by atoms with Gasteiger partial charge in [-0.3, -0.25) is 9.59 Å². The molecular weight excluding hydrogens is 212 g/mol. The fourth-order valence-electron chi connectivity index (χ4n) is 3.11. The van der Waals surface area contributed by atoms with Crippen LogP contribution >= 0.6 is 0 Å². The maximum atomic E-state index is 12.6. The second kappa shape index (κ2) is 4.91. The van der Waals surface area contributed by atoms with Gasteiger partial charge in [-0.25, -0.2) is 0 Å². The van der Waals surface area contributed by atoms with Crippen LogP contribution in [0.25, 0.3) is 0 Å². The minimum absolute atomic E-state index is 0.162. The Morgan fingerprint density at radius 1 is 1.18 bits per heavy atom. The molecule has 0 aromatic carbocycles. The Labute approximate surface area is 105 Å². The number of hydrogen-bond donors (Lipinski definition) is 0. The predicted molar refractivity (Wildman–Crippen MR) is 69.8 cm³/mol. The molecule has 0 amide bonds. The zero-order valence-electron chi connectivity index (χ0n) is 11.9. The van der Waals surface area contributed by atoms with E-state index in [-0.39, 0.29) is 22.5 Å². The number of rotatable bonds is 3. The highest BCUT2D eigenvalue weighted by Crippen LogP contribution is 2.46. The Hall–Kier alpha value is -0.660. The number of carbonyl (C=O) groups excluding carboxylic acids is 2. The number of ketones is 2. The van der Waals surface area contributed by atoms with Crippen molar-refractivity contribution >= 4 is 11.6 Å². The molecule has 0 atom stereocenters. The van der Waals surface area contributed by atoms with Crippen LogP contribution in [-0.4, -0.2) is 11.6 Å². The molecule has 0 bridgehead atoms. The molecule has 1 saturated carbocycles. The summed E-state index contributed by atoms with van der Waals surface area (Å²) in [6.07, 6.45) is 4.48. The molecule has 0 heterocycles. The number of carbonyl (C=O) groups is 2. The summed E-state index contributed by atoms with van der Waals surface area (Å²) < 4.78 is 0. The van der Waals surface area contributed by atoms with Gasteiger partial charge in [0.05, 0.1) is 0 Å². The molecule has 0 spiro atoms. The van der Waals surface area contributed by atoms with E-state index in [9.17, 15) is 9.59 Å². The highest BCUT2D eigenvalue weighted by molar-refractivity contribution is 5.89. The first-order valence-electron chi connectivity index (χ1n) is 6.78. The minimum Gasteiger partial charge on any atom is -0.300 e. The first-order valence-corrected chi connectivity index (χ1v) is 6.78. The number of Topliss-reactive ketones (excluding diaryl/α,β-unsaturated/α-hetero) is 2. The van der Waals surface area contributed by atoms with Crippen LogP contribution < -0.4 is 0 Å². The topological polar surface area (TPSA) is 34.1 Å². The maximum absolute atomic E-state index is 12.6. The molecule has 0 aliphatic heterocycles. The normalized spacial score (nSPS) is 30.1. The van der Waals surface area contributed by atoms with Crippen molar-refractivity contribution in [2.45, 2.75) is 66.7 Å². The zero-order valence-corrected chi connectivity index (χ0v) is 11.9. The summed E-state index contributed by atoms with van der Waals surface area (Å²) in [5.41, 5.74) is -0.427. The molecule has 2 heteroatoms. The Balaban J connectivity index is 2.81. The summed E-state index contributed by atoms with van der Waals surface area (Å²) in [6, 6.07) is 0. The highest BCUT2D eigenvalue weighted by Gasteiger charge is 2.44. The van der Waals surface area contributed by atoms with Crippen LogP contribution in [0.2, 0.25) is 0 Å². The smallest absolute Gasteiger partial charge is 0.144 e. The Bertz CT molecular complexity index is 301. The summed E-state index contributed by atoms with van der Waals surface area (Å²) in [4.78, 5) is 23.9. The third kappa shape index (κ3) is 2.97. The first-order chi connectivity index (χ1) is 7.73. The van der Waals surface area contributed by atoms with Gasteiger partial charge in [-0.15, -0.1) is 0 Å². The lowest BCUT2D eigenvalue weighted by molar-refractivity contribution is -0.141. The Kier molecular flexibility index (Phi) is 4.16. The van der Waals surface area contributed by atoms with Gasteiger partial charge in [0.25, 0.3) is 0 Å². The largest absolute Gasteiger partial charge is 0.300 e. The van der Waals surface area contributed by atoms with Crippen LogP contribution in [0, 0.1) is 16.7 Å². The van der Waals surface area contributed by atoms with Crippen molar-refractivity contribution in [1.29, 1.82) is 0 Å². The van der Waals surface area contributed by atoms with E-state index in [1.807, 2.05) is 20.8 Å². The van der Waals surface area contributed by atoms with Crippen molar-refractivity contribution in [3.8, 4) is 0 Å². The molecule has 1 aliphatic rings. The van der Waals surface area contributed by atoms with Crippen LogP contribution in [-0.2, 0) is 9.59 Å². The van der Waals surface area contributed by atoms with Gasteiger partial charge in [0.15, 0.2) is 0 Å². The van der Waals surface area contributed by atoms with E-state index < -0.39 is 0 Å². The second-order valence-electron chi connectivity index (χ2n) is 6.60. The monoisotopic (exact) mass is 238 g/mol. The van der Waals surface area contributed by atoms with Gasteiger partial charge in [0.1, 0.15) is 11.6 Å². The average Bonchev–Trinajstić information content (AvgIpc) is 2.26. The first kappa shape index (κ1) is 14.4. The van der Waals surface area contributed by atoms with E-state index in [0.717, 1.165) is 32.1 Å². The zero-order chi connectivity index (χ0) is 13.3. The standard InChI is InChI=1S/C15H26O2/c1-6-15(13(17)14(3,4)5)9-7-12(8-10-15)11(2)16/h12H,6-10H2,1-5H3/t12-,15-. The molecule has 0 radical (unpaired) electrons. The van der Waals surface area contributed by atoms with Crippen LogP contribution in [0.5, 0.6) is 0 Å². The van der Waals surface area contributed by atoms with Crippen molar-refractivity contribution in [1.82, 2.24) is 0 Å². The van der Waals surface area contributed by atoms with Crippen LogP contribution in [0.15, 0.2) is 0 Å². The predicted octanol–water partition coefficient (Wildman–Crippen LogP) is 3.78. The molecule has 0 unspecified atom stereocenters. The van der Waals surface area contributed by atoms with Gasteiger partial charge in [0, 0.05) is 16.7 Å². The Morgan fingerprint density at radius 2 is 1.65 bits per heavy atom. The SMILES string of the molecule is CC[C@]1(C(=O)C(C)(C)C)CC[C@H](C(C)=O)CC1. The van der Waals surface area contributed by atoms with Crippen LogP contribution in [0.4, 0.5) is 0 Å². The quantitative estimate of drug-likeness (QED) is 0.750. The van der Waals surface area contributed by atoms with Crippen molar-refractivity contribution < 1.29 is 9.59 Å². The summed E-state index contributed by atoms with van der Waals surface area (Å²) in [7, 11) is 0. The lowest BCUT2D eigenvalue weighted by atomic mass is 9.61. The van der Waals surface area contributed by atoms with Gasteiger partial charge in [-0.05, 0) is 39.0 Å². The van der Waals surface area contributed by atoms with Crippen LogP contribution in [0.3, 0.4) is 0 Å². The molecule has 0 aromatic heterocycles. The molecule has 0 saturated heterocycles. The van der Waals surface area contributed by atoms with Crippen molar-refractivity contribution in [3.63, 3.8) is 0 Å². The van der Waals surface area contributed by atoms with Crippen molar-refractivity contribution in [2.75, 3.05) is 0 Å². The summed E-state index contributed by atoms with van der Waals surface area (Å²) >= 11 is 0. The van der Waals surface area contributed by atoms with E-state index in [1.165, 1.54) is 0 Å². The summed E-state index contributed by atoms with van der Waals surface area (Å²) in [5.74, 6) is 0.870. The summed E-state index contributed by atoms with van der Waals surface area (Å²) in [6.45, 7) is 9.80. The Morgan fingerprint density at radius 3 is 1.94 bits per heavy atom. The molecular formula is C15H26O2. The lowest BCUT2D eigenvalue weighted by Gasteiger charge is -2.41. The van der Waals surface area contributed by atoms with Gasteiger partial charge in [-0.1, -0.05) is 27.7 Å². The summed E-state index contributed by atoms with van der Waals surface area (Å²) in [5, 5.41) is 0. The molecule has 1 aliphatic carbocycles. The average molecular weight is 238 g/mol. The maximum Gasteiger partial charge on any atom is 0.144 e. The van der Waals surface area contributed by atoms with E-state index >= 15 is 0 Å². The van der Waals surface area contributed by atoms with Crippen molar-refractivity contribution in [3.05, 3.63) is 0 Å². The van der Waals surface area contributed by atoms with E-state index in [1.54, 1.807) is 6.92 Å². The number of hydrogen-bond acceptors (Lipinski definition) is 2. The van der Waals surface area contributed by atoms with Gasteiger partial charge >= 0.3 is 0 Å². The third-order valence-electron chi connectivity index (χ3n) is 4.36. The highest BCUT2D eigenvalue weighted by atomic mass is 16.1. The molecule has 1 fully saturated rings. The van der Waals surface area contributed by atoms with Gasteiger partial charge < -0.3 is 0 Å². The van der Waals surface area contributed by atoms with E-state index in [0.29, 0.717) is 5.78 Å². The second-order valence-corrected chi connectivity index (χ2v) is 6.60. The fraction of sp³-hybridized carbons (Fsp3) is 0.867.